The Bertz CT molecular complexity index is 1220. The standard InChI is InChI=1S/C35H38O5/c1-2-33(38-24-29-17-9-4-10-18-29)35(40-26-31-21-13-6-14-22-31)34(39-25-30-19-11-5-12-20-30)32(36)27-37-23-28-15-7-3-8-16-28/h2-22,32-36H,1,23-27H2/t32-,33+,34+,35-/m1/s1. The molecule has 0 bridgehead atoms. The summed E-state index contributed by atoms with van der Waals surface area (Å²) in [7, 11) is 0. The summed E-state index contributed by atoms with van der Waals surface area (Å²) in [6, 6.07) is 39.6. The van der Waals surface area contributed by atoms with Crippen LogP contribution in [0.2, 0.25) is 0 Å². The monoisotopic (exact) mass is 538 g/mol. The Morgan fingerprint density at radius 1 is 0.525 bits per heavy atom. The Kier molecular flexibility index (Phi) is 12.1. The minimum Gasteiger partial charge on any atom is -0.388 e. The fourth-order valence-electron chi connectivity index (χ4n) is 4.37. The Balaban J connectivity index is 1.53. The first-order chi connectivity index (χ1) is 19.7. The highest BCUT2D eigenvalue weighted by atomic mass is 16.6. The van der Waals surface area contributed by atoms with Crippen molar-refractivity contribution in [2.45, 2.75) is 50.8 Å². The Hall–Kier alpha value is -3.58. The third-order valence-electron chi connectivity index (χ3n) is 6.52. The molecule has 4 aromatic carbocycles. The molecular weight excluding hydrogens is 500 g/mol. The largest absolute Gasteiger partial charge is 0.388 e. The molecule has 40 heavy (non-hydrogen) atoms. The second-order valence-electron chi connectivity index (χ2n) is 9.59. The summed E-state index contributed by atoms with van der Waals surface area (Å²) >= 11 is 0. The van der Waals surface area contributed by atoms with E-state index in [2.05, 4.69) is 6.58 Å². The molecule has 4 aromatic rings. The molecule has 208 valence electrons. The van der Waals surface area contributed by atoms with Crippen LogP contribution in [0.5, 0.6) is 0 Å². The summed E-state index contributed by atoms with van der Waals surface area (Å²) in [6.07, 6.45) is -1.21. The van der Waals surface area contributed by atoms with Crippen LogP contribution in [0.4, 0.5) is 0 Å². The zero-order valence-electron chi connectivity index (χ0n) is 22.8. The second kappa shape index (κ2) is 16.5. The highest BCUT2D eigenvalue weighted by molar-refractivity contribution is 5.16. The van der Waals surface area contributed by atoms with Gasteiger partial charge in [0.1, 0.15) is 24.4 Å². The highest BCUT2D eigenvalue weighted by Gasteiger charge is 2.36. The molecule has 5 nitrogen and oxygen atoms in total. The Morgan fingerprint density at radius 2 is 0.900 bits per heavy atom. The number of aliphatic hydroxyl groups excluding tert-OH is 1. The van der Waals surface area contributed by atoms with Crippen molar-refractivity contribution in [1.82, 2.24) is 0 Å². The summed E-state index contributed by atoms with van der Waals surface area (Å²) in [6.45, 7) is 5.49. The summed E-state index contributed by atoms with van der Waals surface area (Å²) in [5.41, 5.74) is 4.07. The van der Waals surface area contributed by atoms with Gasteiger partial charge in [-0.05, 0) is 22.3 Å². The first-order valence-corrected chi connectivity index (χ1v) is 13.6. The van der Waals surface area contributed by atoms with Crippen molar-refractivity contribution in [2.75, 3.05) is 6.61 Å². The van der Waals surface area contributed by atoms with Crippen molar-refractivity contribution in [3.05, 3.63) is 156 Å². The third-order valence-corrected chi connectivity index (χ3v) is 6.52. The lowest BCUT2D eigenvalue weighted by molar-refractivity contribution is -0.178. The van der Waals surface area contributed by atoms with Gasteiger partial charge in [-0.3, -0.25) is 0 Å². The summed E-state index contributed by atoms with van der Waals surface area (Å²) in [4.78, 5) is 0. The molecule has 0 aliphatic rings. The van der Waals surface area contributed by atoms with E-state index in [0.717, 1.165) is 22.3 Å². The normalized spacial score (nSPS) is 14.2. The molecule has 0 radical (unpaired) electrons. The molecule has 0 aliphatic heterocycles. The van der Waals surface area contributed by atoms with Crippen LogP contribution in [0.25, 0.3) is 0 Å². The molecule has 5 heteroatoms. The first kappa shape index (κ1) is 29.4. The van der Waals surface area contributed by atoms with E-state index < -0.39 is 24.4 Å². The van der Waals surface area contributed by atoms with E-state index >= 15 is 0 Å². The molecule has 4 atom stereocenters. The van der Waals surface area contributed by atoms with Crippen LogP contribution in [0.1, 0.15) is 22.3 Å². The molecule has 0 unspecified atom stereocenters. The van der Waals surface area contributed by atoms with Crippen LogP contribution in [0.3, 0.4) is 0 Å². The van der Waals surface area contributed by atoms with Crippen molar-refractivity contribution in [2.24, 2.45) is 0 Å². The maximum atomic E-state index is 11.4. The Morgan fingerprint density at radius 3 is 1.32 bits per heavy atom. The van der Waals surface area contributed by atoms with E-state index in [4.69, 9.17) is 18.9 Å². The molecule has 0 heterocycles. The predicted octanol–water partition coefficient (Wildman–Crippen LogP) is 6.51. The van der Waals surface area contributed by atoms with Gasteiger partial charge in [0, 0.05) is 0 Å². The van der Waals surface area contributed by atoms with Crippen molar-refractivity contribution >= 4 is 0 Å². The van der Waals surface area contributed by atoms with Crippen LogP contribution >= 0.6 is 0 Å². The maximum absolute atomic E-state index is 11.4. The molecule has 0 amide bonds. The summed E-state index contributed by atoms with van der Waals surface area (Å²) < 4.78 is 25.1. The van der Waals surface area contributed by atoms with Gasteiger partial charge in [-0.2, -0.15) is 0 Å². The topological polar surface area (TPSA) is 57.2 Å². The Labute approximate surface area is 237 Å². The lowest BCUT2D eigenvalue weighted by atomic mass is 10.0. The molecule has 0 aliphatic carbocycles. The molecular formula is C35H38O5. The third kappa shape index (κ3) is 9.56. The van der Waals surface area contributed by atoms with Crippen molar-refractivity contribution < 1.29 is 24.1 Å². The molecule has 4 rings (SSSR count). The van der Waals surface area contributed by atoms with E-state index in [1.165, 1.54) is 0 Å². The SMILES string of the molecule is C=C[C@H](OCc1ccccc1)[C@@H](OCc1ccccc1)[C@@H](OCc1ccccc1)[C@H](O)COCc1ccccc1. The maximum Gasteiger partial charge on any atom is 0.116 e. The van der Waals surface area contributed by atoms with Gasteiger partial charge in [-0.1, -0.05) is 127 Å². The lowest BCUT2D eigenvalue weighted by Gasteiger charge is -2.35. The van der Waals surface area contributed by atoms with Crippen LogP contribution in [0.15, 0.2) is 134 Å². The van der Waals surface area contributed by atoms with E-state index in [1.54, 1.807) is 6.08 Å². The summed E-state index contributed by atoms with van der Waals surface area (Å²) in [5, 5.41) is 11.4. The molecule has 0 saturated heterocycles. The van der Waals surface area contributed by atoms with Crippen molar-refractivity contribution in [1.29, 1.82) is 0 Å². The quantitative estimate of drug-likeness (QED) is 0.155. The highest BCUT2D eigenvalue weighted by Crippen LogP contribution is 2.22. The van der Waals surface area contributed by atoms with E-state index in [9.17, 15) is 5.11 Å². The zero-order chi connectivity index (χ0) is 27.8. The minimum atomic E-state index is -0.976. The number of aliphatic hydroxyl groups is 1. The van der Waals surface area contributed by atoms with Gasteiger partial charge in [-0.15, -0.1) is 6.58 Å². The first-order valence-electron chi connectivity index (χ1n) is 13.6. The van der Waals surface area contributed by atoms with Gasteiger partial charge in [-0.25, -0.2) is 0 Å². The van der Waals surface area contributed by atoms with Gasteiger partial charge < -0.3 is 24.1 Å². The van der Waals surface area contributed by atoms with Crippen LogP contribution in [-0.2, 0) is 45.4 Å². The molecule has 0 spiro atoms. The van der Waals surface area contributed by atoms with Crippen LogP contribution < -0.4 is 0 Å². The van der Waals surface area contributed by atoms with Gasteiger partial charge in [0.2, 0.25) is 0 Å². The number of hydrogen-bond acceptors (Lipinski definition) is 5. The van der Waals surface area contributed by atoms with E-state index in [0.29, 0.717) is 26.4 Å². The smallest absolute Gasteiger partial charge is 0.116 e. The molecule has 0 fully saturated rings. The van der Waals surface area contributed by atoms with E-state index in [-0.39, 0.29) is 6.61 Å². The molecule has 1 N–H and O–H groups in total. The molecule has 0 aromatic heterocycles. The van der Waals surface area contributed by atoms with Gasteiger partial charge in [0.25, 0.3) is 0 Å². The average molecular weight is 539 g/mol. The van der Waals surface area contributed by atoms with Crippen molar-refractivity contribution in [3.8, 4) is 0 Å². The number of hydrogen-bond donors (Lipinski definition) is 1. The lowest BCUT2D eigenvalue weighted by Crippen LogP contribution is -2.49. The van der Waals surface area contributed by atoms with Crippen LogP contribution in [-0.4, -0.2) is 36.1 Å². The molecule has 0 saturated carbocycles. The van der Waals surface area contributed by atoms with Crippen molar-refractivity contribution in [3.63, 3.8) is 0 Å². The predicted molar refractivity (Wildman–Crippen MR) is 157 cm³/mol. The van der Waals surface area contributed by atoms with E-state index in [1.807, 2.05) is 121 Å². The van der Waals surface area contributed by atoms with Gasteiger partial charge >= 0.3 is 0 Å². The van der Waals surface area contributed by atoms with Gasteiger partial charge in [0.05, 0.1) is 33.0 Å². The fourth-order valence-corrected chi connectivity index (χ4v) is 4.37. The number of ether oxygens (including phenoxy) is 4. The van der Waals surface area contributed by atoms with Crippen LogP contribution in [0, 0.1) is 0 Å². The minimum absolute atomic E-state index is 0.0715. The zero-order valence-corrected chi connectivity index (χ0v) is 22.8. The number of rotatable bonds is 17. The second-order valence-corrected chi connectivity index (χ2v) is 9.59. The average Bonchev–Trinajstić information content (AvgIpc) is 3.01. The fraction of sp³-hybridized carbons (Fsp3) is 0.257. The van der Waals surface area contributed by atoms with Gasteiger partial charge in [0.15, 0.2) is 0 Å². The summed E-state index contributed by atoms with van der Waals surface area (Å²) in [5.74, 6) is 0. The number of benzene rings is 4.